The van der Waals surface area contributed by atoms with Crippen molar-refractivity contribution < 1.29 is 14.2 Å². The lowest BCUT2D eigenvalue weighted by Crippen LogP contribution is -2.14. The molecule has 0 aromatic heterocycles. The molecule has 0 aliphatic rings. The summed E-state index contributed by atoms with van der Waals surface area (Å²) in [6.45, 7) is 8.60. The van der Waals surface area contributed by atoms with E-state index in [9.17, 15) is 0 Å². The third-order valence-electron chi connectivity index (χ3n) is 4.11. The highest BCUT2D eigenvalue weighted by Crippen LogP contribution is 2.32. The fourth-order valence-corrected chi connectivity index (χ4v) is 3.33. The molecule has 1 rings (SSSR count). The van der Waals surface area contributed by atoms with E-state index in [0.717, 1.165) is 19.3 Å². The summed E-state index contributed by atoms with van der Waals surface area (Å²) >= 11 is 0. The second kappa shape index (κ2) is 9.19. The van der Waals surface area contributed by atoms with Crippen molar-refractivity contribution in [2.24, 2.45) is 0 Å². The Morgan fingerprint density at radius 2 is 0.714 bits per heavy atom. The molecular formula is C18H30O3. The molecule has 21 heavy (non-hydrogen) atoms. The predicted molar refractivity (Wildman–Crippen MR) is 86.7 cm³/mol. The summed E-state index contributed by atoms with van der Waals surface area (Å²) in [6.07, 6.45) is 3.01. The number of methoxy groups -OCH3 is 3. The van der Waals surface area contributed by atoms with Crippen molar-refractivity contribution in [1.82, 2.24) is 0 Å². The Hall–Kier alpha value is -0.900. The molecule has 3 nitrogen and oxygen atoms in total. The van der Waals surface area contributed by atoms with Crippen LogP contribution < -0.4 is 0 Å². The average Bonchev–Trinajstić information content (AvgIpc) is 2.49. The Balaban J connectivity index is 3.67. The molecule has 1 aromatic carbocycles. The maximum absolute atomic E-state index is 5.47. The molecular weight excluding hydrogens is 264 g/mol. The molecule has 0 aliphatic heterocycles. The summed E-state index contributed by atoms with van der Waals surface area (Å²) in [5.74, 6) is 0. The second-order valence-corrected chi connectivity index (χ2v) is 5.23. The minimum absolute atomic E-state index is 0.657. The highest BCUT2D eigenvalue weighted by molar-refractivity contribution is 5.52. The summed E-state index contributed by atoms with van der Waals surface area (Å²) < 4.78 is 16.4. The van der Waals surface area contributed by atoms with Crippen molar-refractivity contribution >= 4 is 0 Å². The van der Waals surface area contributed by atoms with Crippen LogP contribution in [0.4, 0.5) is 0 Å². The van der Waals surface area contributed by atoms with Gasteiger partial charge in [0.05, 0.1) is 19.8 Å². The monoisotopic (exact) mass is 294 g/mol. The van der Waals surface area contributed by atoms with Crippen molar-refractivity contribution in [3.63, 3.8) is 0 Å². The number of hydrogen-bond acceptors (Lipinski definition) is 3. The Morgan fingerprint density at radius 1 is 0.476 bits per heavy atom. The Kier molecular flexibility index (Phi) is 7.94. The van der Waals surface area contributed by atoms with Gasteiger partial charge in [0, 0.05) is 21.3 Å². The molecule has 0 aliphatic carbocycles. The molecule has 3 heteroatoms. The largest absolute Gasteiger partial charge is 0.380 e. The number of hydrogen-bond donors (Lipinski definition) is 0. The summed E-state index contributed by atoms with van der Waals surface area (Å²) in [5, 5.41) is 0. The van der Waals surface area contributed by atoms with Crippen LogP contribution in [-0.4, -0.2) is 21.3 Å². The van der Waals surface area contributed by atoms with Gasteiger partial charge in [0.1, 0.15) is 0 Å². The molecule has 0 saturated carbocycles. The van der Waals surface area contributed by atoms with Crippen molar-refractivity contribution in [1.29, 1.82) is 0 Å². The first-order valence-electron chi connectivity index (χ1n) is 7.83. The molecule has 0 saturated heterocycles. The Labute approximate surface area is 129 Å². The maximum atomic E-state index is 5.47. The lowest BCUT2D eigenvalue weighted by Gasteiger charge is -2.25. The van der Waals surface area contributed by atoms with E-state index >= 15 is 0 Å². The summed E-state index contributed by atoms with van der Waals surface area (Å²) in [7, 11) is 5.29. The molecule has 1 aromatic rings. The lowest BCUT2D eigenvalue weighted by molar-refractivity contribution is 0.172. The van der Waals surface area contributed by atoms with E-state index in [1.807, 2.05) is 0 Å². The molecule has 120 valence electrons. The van der Waals surface area contributed by atoms with Crippen molar-refractivity contribution in [2.45, 2.75) is 59.9 Å². The van der Waals surface area contributed by atoms with Crippen LogP contribution in [-0.2, 0) is 53.3 Å². The first kappa shape index (κ1) is 18.1. The van der Waals surface area contributed by atoms with Crippen molar-refractivity contribution in [2.75, 3.05) is 21.3 Å². The first-order valence-corrected chi connectivity index (χ1v) is 7.83. The minimum atomic E-state index is 0.657. The Bertz CT molecular complexity index is 365. The van der Waals surface area contributed by atoms with E-state index in [1.54, 1.807) is 21.3 Å². The zero-order valence-corrected chi connectivity index (χ0v) is 14.5. The fourth-order valence-electron chi connectivity index (χ4n) is 3.33. The third-order valence-corrected chi connectivity index (χ3v) is 4.11. The number of ether oxygens (including phenoxy) is 3. The van der Waals surface area contributed by atoms with Crippen LogP contribution in [0.2, 0.25) is 0 Å². The van der Waals surface area contributed by atoms with E-state index < -0.39 is 0 Å². The van der Waals surface area contributed by atoms with E-state index in [2.05, 4.69) is 20.8 Å². The molecule has 0 heterocycles. The summed E-state index contributed by atoms with van der Waals surface area (Å²) in [5.41, 5.74) is 8.18. The SMILES string of the molecule is CCc1c(COC)c(CC)c(COC)c(CC)c1COC. The molecule has 0 atom stereocenters. The van der Waals surface area contributed by atoms with Gasteiger partial charge in [-0.05, 0) is 52.6 Å². The molecule has 0 fully saturated rings. The zero-order valence-electron chi connectivity index (χ0n) is 14.5. The zero-order chi connectivity index (χ0) is 15.8. The van der Waals surface area contributed by atoms with Crippen molar-refractivity contribution in [3.8, 4) is 0 Å². The Morgan fingerprint density at radius 3 is 0.857 bits per heavy atom. The fraction of sp³-hybridized carbons (Fsp3) is 0.667. The third kappa shape index (κ3) is 3.85. The topological polar surface area (TPSA) is 27.7 Å². The molecule has 0 unspecified atom stereocenters. The van der Waals surface area contributed by atoms with Gasteiger partial charge in [0.2, 0.25) is 0 Å². The van der Waals surface area contributed by atoms with E-state index in [0.29, 0.717) is 19.8 Å². The van der Waals surface area contributed by atoms with Gasteiger partial charge < -0.3 is 14.2 Å². The van der Waals surface area contributed by atoms with Crippen LogP contribution in [0.3, 0.4) is 0 Å². The molecule has 0 N–H and O–H groups in total. The minimum Gasteiger partial charge on any atom is -0.380 e. The number of benzene rings is 1. The van der Waals surface area contributed by atoms with Gasteiger partial charge in [-0.15, -0.1) is 0 Å². The molecule has 0 bridgehead atoms. The van der Waals surface area contributed by atoms with E-state index in [1.165, 1.54) is 33.4 Å². The van der Waals surface area contributed by atoms with Crippen LogP contribution in [0.15, 0.2) is 0 Å². The average molecular weight is 294 g/mol. The highest BCUT2D eigenvalue weighted by atomic mass is 16.5. The quantitative estimate of drug-likeness (QED) is 0.693. The standard InChI is InChI=1S/C18H30O3/c1-7-13-16(10-19-4)14(8-2)18(12-21-6)15(9-3)17(13)11-20-5/h7-12H2,1-6H3. The van der Waals surface area contributed by atoms with Crippen LogP contribution >= 0.6 is 0 Å². The van der Waals surface area contributed by atoms with Gasteiger partial charge in [0.25, 0.3) is 0 Å². The first-order chi connectivity index (χ1) is 10.2. The van der Waals surface area contributed by atoms with Crippen molar-refractivity contribution in [3.05, 3.63) is 33.4 Å². The summed E-state index contributed by atoms with van der Waals surface area (Å²) in [4.78, 5) is 0. The van der Waals surface area contributed by atoms with E-state index in [4.69, 9.17) is 14.2 Å². The van der Waals surface area contributed by atoms with E-state index in [-0.39, 0.29) is 0 Å². The lowest BCUT2D eigenvalue weighted by atomic mass is 9.84. The van der Waals surface area contributed by atoms with Gasteiger partial charge in [-0.1, -0.05) is 20.8 Å². The summed E-state index contributed by atoms with van der Waals surface area (Å²) in [6, 6.07) is 0. The van der Waals surface area contributed by atoms with Gasteiger partial charge in [-0.25, -0.2) is 0 Å². The molecule has 0 amide bonds. The smallest absolute Gasteiger partial charge is 0.0718 e. The highest BCUT2D eigenvalue weighted by Gasteiger charge is 2.20. The van der Waals surface area contributed by atoms with Crippen LogP contribution in [0, 0.1) is 0 Å². The van der Waals surface area contributed by atoms with Gasteiger partial charge in [-0.2, -0.15) is 0 Å². The number of rotatable bonds is 9. The molecule has 0 radical (unpaired) electrons. The maximum Gasteiger partial charge on any atom is 0.0718 e. The molecule has 0 spiro atoms. The van der Waals surface area contributed by atoms with Gasteiger partial charge in [0.15, 0.2) is 0 Å². The van der Waals surface area contributed by atoms with Gasteiger partial charge >= 0.3 is 0 Å². The van der Waals surface area contributed by atoms with Gasteiger partial charge in [-0.3, -0.25) is 0 Å². The van der Waals surface area contributed by atoms with Crippen LogP contribution in [0.5, 0.6) is 0 Å². The second-order valence-electron chi connectivity index (χ2n) is 5.23. The normalized spacial score (nSPS) is 11.1. The van der Waals surface area contributed by atoms with Crippen LogP contribution in [0.1, 0.15) is 54.2 Å². The predicted octanol–water partition coefficient (Wildman–Crippen LogP) is 3.81. The van der Waals surface area contributed by atoms with Crippen LogP contribution in [0.25, 0.3) is 0 Å².